The molecule has 0 bridgehead atoms. The van der Waals surface area contributed by atoms with Gasteiger partial charge in [0.2, 0.25) is 0 Å². The molecule has 0 saturated heterocycles. The van der Waals surface area contributed by atoms with Crippen molar-refractivity contribution < 1.29 is 0 Å². The van der Waals surface area contributed by atoms with Gasteiger partial charge in [-0.3, -0.25) is 0 Å². The quantitative estimate of drug-likeness (QED) is 0.415. The van der Waals surface area contributed by atoms with Crippen LogP contribution in [0.1, 0.15) is 4.88 Å². The molecule has 0 saturated carbocycles. The molecule has 1 aliphatic rings. The first-order valence-electron chi connectivity index (χ1n) is 3.64. The fourth-order valence-corrected chi connectivity index (χ4v) is 1.46. The summed E-state index contributed by atoms with van der Waals surface area (Å²) in [6.45, 7) is 0. The van der Waals surface area contributed by atoms with Crippen LogP contribution >= 0.6 is 11.3 Å². The number of allylic oxidation sites excluding steroid dienone is 3. The second-order valence-electron chi connectivity index (χ2n) is 2.31. The highest BCUT2D eigenvalue weighted by molar-refractivity contribution is 7.10. The molecule has 1 heteroatoms. The molecule has 0 unspecified atom stereocenters. The molecule has 0 radical (unpaired) electrons. The van der Waals surface area contributed by atoms with Gasteiger partial charge in [0.15, 0.2) is 0 Å². The van der Waals surface area contributed by atoms with Crippen molar-refractivity contribution in [2.24, 2.45) is 0 Å². The summed E-state index contributed by atoms with van der Waals surface area (Å²) < 4.78 is 0. The van der Waals surface area contributed by atoms with Crippen LogP contribution in [-0.4, -0.2) is 0 Å². The second-order valence-corrected chi connectivity index (χ2v) is 3.26. The Bertz CT molecular complexity index is 415. The largest absolute Gasteiger partial charge is 0.135 e. The second kappa shape index (κ2) is 3.28. The summed E-state index contributed by atoms with van der Waals surface area (Å²) in [7, 11) is 0. The third-order valence-electron chi connectivity index (χ3n) is 1.44. The lowest BCUT2D eigenvalue weighted by atomic mass is 10.3. The minimum Gasteiger partial charge on any atom is -0.135 e. The molecule has 0 aliphatic heterocycles. The van der Waals surface area contributed by atoms with Gasteiger partial charge in [0.1, 0.15) is 0 Å². The fraction of sp³-hybridized carbons (Fsp3) is 0. The van der Waals surface area contributed by atoms with Crippen molar-refractivity contribution in [2.45, 2.75) is 0 Å². The van der Waals surface area contributed by atoms with Crippen molar-refractivity contribution in [1.29, 1.82) is 0 Å². The average molecular weight is 170 g/mol. The first-order valence-corrected chi connectivity index (χ1v) is 4.52. The van der Waals surface area contributed by atoms with E-state index in [-0.39, 0.29) is 0 Å². The van der Waals surface area contributed by atoms with Crippen molar-refractivity contribution >= 4 is 11.3 Å². The van der Waals surface area contributed by atoms with Gasteiger partial charge in [-0.25, -0.2) is 0 Å². The van der Waals surface area contributed by atoms with Gasteiger partial charge >= 0.3 is 0 Å². The number of thiophene rings is 1. The topological polar surface area (TPSA) is 0 Å². The number of hydrogen-bond acceptors (Lipinski definition) is 1. The molecule has 1 aliphatic carbocycles. The fourth-order valence-electron chi connectivity index (χ4n) is 0.887. The molecule has 1 aromatic heterocycles. The predicted molar refractivity (Wildman–Crippen MR) is 51.9 cm³/mol. The molecule has 0 fully saturated rings. The zero-order chi connectivity index (χ0) is 8.23. The van der Waals surface area contributed by atoms with E-state index in [0.29, 0.717) is 0 Å². The predicted octanol–water partition coefficient (Wildman–Crippen LogP) is 2.75. The molecule has 0 spiro atoms. The Labute approximate surface area is 75.6 Å². The van der Waals surface area contributed by atoms with E-state index in [4.69, 9.17) is 0 Å². The van der Waals surface area contributed by atoms with E-state index >= 15 is 0 Å². The lowest BCUT2D eigenvalue weighted by Gasteiger charge is -1.77. The maximum Gasteiger partial charge on any atom is 0.0772 e. The highest BCUT2D eigenvalue weighted by atomic mass is 32.1. The Kier molecular flexibility index (Phi) is 1.96. The molecule has 12 heavy (non-hydrogen) atoms. The van der Waals surface area contributed by atoms with E-state index in [0.717, 1.165) is 10.5 Å². The van der Waals surface area contributed by atoms with Crippen LogP contribution in [0.4, 0.5) is 0 Å². The van der Waals surface area contributed by atoms with Gasteiger partial charge in [-0.05, 0) is 23.6 Å². The zero-order valence-electron chi connectivity index (χ0n) is 6.37. The van der Waals surface area contributed by atoms with Crippen LogP contribution in [0.5, 0.6) is 0 Å². The highest BCUT2D eigenvalue weighted by Crippen LogP contribution is 2.07. The summed E-state index contributed by atoms with van der Waals surface area (Å²) in [6, 6.07) is 4.02. The van der Waals surface area contributed by atoms with E-state index in [9.17, 15) is 0 Å². The van der Waals surface area contributed by atoms with Crippen molar-refractivity contribution in [3.63, 3.8) is 0 Å². The Morgan fingerprint density at radius 3 is 3.00 bits per heavy atom. The van der Waals surface area contributed by atoms with Gasteiger partial charge in [0.25, 0.3) is 0 Å². The Balaban J connectivity index is 2.22. The van der Waals surface area contributed by atoms with E-state index < -0.39 is 0 Å². The summed E-state index contributed by atoms with van der Waals surface area (Å²) in [5.41, 5.74) is 3.99. The lowest BCUT2D eigenvalue weighted by molar-refractivity contribution is 1.86. The maximum atomic E-state index is 3.06. The first-order chi connectivity index (χ1) is 5.95. The molecular weight excluding hydrogens is 164 g/mol. The number of rotatable bonds is 0. The molecule has 0 N–H and O–H groups in total. The first kappa shape index (κ1) is 7.18. The Morgan fingerprint density at radius 1 is 1.33 bits per heavy atom. The minimum atomic E-state index is 0.961. The van der Waals surface area contributed by atoms with Gasteiger partial charge in [-0.1, -0.05) is 24.0 Å². The van der Waals surface area contributed by atoms with Gasteiger partial charge < -0.3 is 0 Å². The van der Waals surface area contributed by atoms with Gasteiger partial charge in [0, 0.05) is 0 Å². The standard InChI is InChI=1S/C11H6S/c1-2-5-10(4-1)7-8-11-6-3-9-12-11/h1-4,6,9H. The molecule has 1 heterocycles. The smallest absolute Gasteiger partial charge is 0.0772 e. The van der Waals surface area contributed by atoms with Gasteiger partial charge in [0.05, 0.1) is 10.5 Å². The van der Waals surface area contributed by atoms with Crippen LogP contribution in [-0.2, 0) is 0 Å². The lowest BCUT2D eigenvalue weighted by Crippen LogP contribution is -1.65. The molecule has 0 aromatic carbocycles. The molecule has 1 aromatic rings. The monoisotopic (exact) mass is 170 g/mol. The minimum absolute atomic E-state index is 0.961. The van der Waals surface area contributed by atoms with E-state index in [1.807, 2.05) is 35.7 Å². The van der Waals surface area contributed by atoms with Crippen LogP contribution in [0, 0.1) is 11.8 Å². The summed E-state index contributed by atoms with van der Waals surface area (Å²) in [5, 5.41) is 2.03. The van der Waals surface area contributed by atoms with Crippen molar-refractivity contribution in [3.8, 4) is 11.8 Å². The number of hydrogen-bond donors (Lipinski definition) is 0. The molecule has 56 valence electrons. The van der Waals surface area contributed by atoms with Crippen LogP contribution < -0.4 is 0 Å². The molecule has 0 atom stereocenters. The normalized spacial score (nSPS) is 12.5. The van der Waals surface area contributed by atoms with Crippen LogP contribution in [0.25, 0.3) is 0 Å². The van der Waals surface area contributed by atoms with Gasteiger partial charge in [-0.15, -0.1) is 17.1 Å². The van der Waals surface area contributed by atoms with Crippen LogP contribution in [0.2, 0.25) is 0 Å². The average Bonchev–Trinajstić information content (AvgIpc) is 2.74. The molecular formula is C11H6S. The summed E-state index contributed by atoms with van der Waals surface area (Å²) in [5.74, 6) is 6.10. The van der Waals surface area contributed by atoms with Crippen LogP contribution in [0.15, 0.2) is 47.0 Å². The zero-order valence-corrected chi connectivity index (χ0v) is 7.19. The summed E-state index contributed by atoms with van der Waals surface area (Å²) in [4.78, 5) is 1.10. The molecule has 0 nitrogen and oxygen atoms in total. The SMILES string of the molecule is C1=CC=CC=1C#Cc1cccs1. The third-order valence-corrected chi connectivity index (χ3v) is 2.22. The maximum absolute atomic E-state index is 3.06. The van der Waals surface area contributed by atoms with Gasteiger partial charge in [-0.2, -0.15) is 0 Å². The van der Waals surface area contributed by atoms with Crippen molar-refractivity contribution in [1.82, 2.24) is 0 Å². The summed E-state index contributed by atoms with van der Waals surface area (Å²) in [6.07, 6.45) is 5.78. The molecule has 0 amide bonds. The van der Waals surface area contributed by atoms with Crippen LogP contribution in [0.3, 0.4) is 0 Å². The van der Waals surface area contributed by atoms with E-state index in [2.05, 4.69) is 17.6 Å². The van der Waals surface area contributed by atoms with E-state index in [1.54, 1.807) is 11.3 Å². The van der Waals surface area contributed by atoms with Crippen molar-refractivity contribution in [2.75, 3.05) is 0 Å². The Hall–Kier alpha value is -1.48. The third kappa shape index (κ3) is 1.57. The highest BCUT2D eigenvalue weighted by Gasteiger charge is 1.87. The molecule has 2 rings (SSSR count). The summed E-state index contributed by atoms with van der Waals surface area (Å²) >= 11 is 1.66. The van der Waals surface area contributed by atoms with Crippen molar-refractivity contribution in [3.05, 3.63) is 51.9 Å². The van der Waals surface area contributed by atoms with E-state index in [1.165, 1.54) is 0 Å². The Morgan fingerprint density at radius 2 is 2.33 bits per heavy atom.